The van der Waals surface area contributed by atoms with E-state index in [1.165, 1.54) is 0 Å². The smallest absolute Gasteiger partial charge is 0.313 e. The number of fused-ring (bicyclic) bond motifs is 1. The number of ether oxygens (including phenoxy) is 1. The largest absolute Gasteiger partial charge is 0.497 e. The van der Waals surface area contributed by atoms with E-state index >= 15 is 0 Å². The molecule has 0 saturated carbocycles. The van der Waals surface area contributed by atoms with Gasteiger partial charge < -0.3 is 9.84 Å². The molecule has 1 N–H and O–H groups in total. The maximum atomic E-state index is 10.9. The molecular weight excluding hydrogens is 462 g/mol. The van der Waals surface area contributed by atoms with Gasteiger partial charge in [0, 0.05) is 9.86 Å². The molecule has 3 rings (SSSR count). The van der Waals surface area contributed by atoms with Crippen LogP contribution in [0.25, 0.3) is 16.5 Å². The van der Waals surface area contributed by atoms with Crippen molar-refractivity contribution < 1.29 is 14.6 Å². The Morgan fingerprint density at radius 3 is 2.75 bits per heavy atom. The number of hydrogen-bond acceptors (Lipinski definition) is 5. The Kier molecular flexibility index (Phi) is 5.12. The number of carbonyl (C=O) groups is 1. The summed E-state index contributed by atoms with van der Waals surface area (Å²) in [4.78, 5) is 10.9. The summed E-state index contributed by atoms with van der Waals surface area (Å²) in [7, 11) is 1.61. The van der Waals surface area contributed by atoms with Gasteiger partial charge in [-0.2, -0.15) is 0 Å². The Balaban J connectivity index is 2.21. The van der Waals surface area contributed by atoms with Crippen LogP contribution in [0.15, 0.2) is 44.7 Å². The van der Waals surface area contributed by atoms with E-state index in [1.807, 2.05) is 30.3 Å². The van der Waals surface area contributed by atoms with E-state index in [4.69, 9.17) is 9.84 Å². The summed E-state index contributed by atoms with van der Waals surface area (Å²) < 4.78 is 8.56. The van der Waals surface area contributed by atoms with Gasteiger partial charge in [-0.25, -0.2) is 0 Å². The van der Waals surface area contributed by atoms with Crippen LogP contribution in [0.3, 0.4) is 0 Å². The van der Waals surface area contributed by atoms with E-state index in [-0.39, 0.29) is 5.75 Å². The molecule has 2 aromatic carbocycles. The summed E-state index contributed by atoms with van der Waals surface area (Å²) in [6.07, 6.45) is 0. The zero-order valence-corrected chi connectivity index (χ0v) is 16.4. The molecule has 3 aromatic rings. The molecule has 0 amide bonds. The molecule has 0 radical (unpaired) electrons. The van der Waals surface area contributed by atoms with E-state index in [0.717, 1.165) is 38.4 Å². The molecule has 0 unspecified atom stereocenters. The number of aromatic nitrogens is 3. The van der Waals surface area contributed by atoms with Gasteiger partial charge in [-0.05, 0) is 51.6 Å². The third-order valence-corrected chi connectivity index (χ3v) is 5.43. The van der Waals surface area contributed by atoms with Crippen LogP contribution in [0.2, 0.25) is 0 Å². The van der Waals surface area contributed by atoms with Crippen LogP contribution >= 0.6 is 43.6 Å². The summed E-state index contributed by atoms with van der Waals surface area (Å²) >= 11 is 8.05. The minimum Gasteiger partial charge on any atom is -0.497 e. The second kappa shape index (κ2) is 7.12. The fourth-order valence-corrected chi connectivity index (χ4v) is 3.97. The van der Waals surface area contributed by atoms with Crippen molar-refractivity contribution in [3.8, 4) is 11.4 Å². The lowest BCUT2D eigenvalue weighted by Crippen LogP contribution is -2.03. The van der Waals surface area contributed by atoms with Crippen molar-refractivity contribution in [2.24, 2.45) is 0 Å². The number of thioether (sulfide) groups is 1. The molecule has 0 atom stereocenters. The number of carboxylic acids is 1. The second-order valence-corrected chi connectivity index (χ2v) is 7.25. The van der Waals surface area contributed by atoms with Crippen LogP contribution in [0.4, 0.5) is 0 Å². The molecule has 1 heterocycles. The van der Waals surface area contributed by atoms with Gasteiger partial charge in [0.05, 0.1) is 18.6 Å². The molecule has 1 aromatic heterocycles. The van der Waals surface area contributed by atoms with Gasteiger partial charge in [0.25, 0.3) is 0 Å². The molecule has 0 aliphatic rings. The molecule has 24 heavy (non-hydrogen) atoms. The quantitative estimate of drug-likeness (QED) is 0.562. The van der Waals surface area contributed by atoms with Gasteiger partial charge in [0.2, 0.25) is 4.73 Å². The first-order valence-corrected chi connectivity index (χ1v) is 9.30. The molecule has 9 heteroatoms. The number of carboxylic acid groups (broad SMARTS) is 1. The highest BCUT2D eigenvalue weighted by molar-refractivity contribution is 9.10. The number of rotatable bonds is 5. The second-order valence-electron chi connectivity index (χ2n) is 4.75. The first-order valence-electron chi connectivity index (χ1n) is 6.73. The number of methoxy groups -OCH3 is 1. The number of hydrogen-bond donors (Lipinski definition) is 1. The topological polar surface area (TPSA) is 77.2 Å². The summed E-state index contributed by atoms with van der Waals surface area (Å²) in [5.74, 6) is -0.276. The SMILES string of the molecule is COc1ccc2c(Br)ccc(-n3c(Br)nnc3SCC(=O)O)c2c1. The molecule has 0 aliphatic carbocycles. The average molecular weight is 473 g/mol. The Morgan fingerprint density at radius 1 is 1.25 bits per heavy atom. The summed E-state index contributed by atoms with van der Waals surface area (Å²) in [5, 5.41) is 19.4. The van der Waals surface area contributed by atoms with Crippen molar-refractivity contribution in [3.63, 3.8) is 0 Å². The zero-order valence-electron chi connectivity index (χ0n) is 12.4. The van der Waals surface area contributed by atoms with Gasteiger partial charge in [0.1, 0.15) is 5.75 Å². The van der Waals surface area contributed by atoms with Gasteiger partial charge >= 0.3 is 5.97 Å². The molecule has 0 saturated heterocycles. The highest BCUT2D eigenvalue weighted by atomic mass is 79.9. The van der Waals surface area contributed by atoms with Crippen LogP contribution in [0.5, 0.6) is 5.75 Å². The Hall–Kier alpha value is -1.58. The lowest BCUT2D eigenvalue weighted by Gasteiger charge is -2.13. The van der Waals surface area contributed by atoms with E-state index in [1.54, 1.807) is 11.7 Å². The molecule has 124 valence electrons. The Bertz CT molecular complexity index is 930. The van der Waals surface area contributed by atoms with Crippen molar-refractivity contribution in [1.82, 2.24) is 14.8 Å². The van der Waals surface area contributed by atoms with E-state index < -0.39 is 5.97 Å². The summed E-state index contributed by atoms with van der Waals surface area (Å²) in [6, 6.07) is 9.63. The monoisotopic (exact) mass is 471 g/mol. The Labute approximate surface area is 158 Å². The maximum absolute atomic E-state index is 10.9. The molecule has 0 spiro atoms. The first-order chi connectivity index (χ1) is 11.5. The molecule has 0 aliphatic heterocycles. The summed E-state index contributed by atoms with van der Waals surface area (Å²) in [6.45, 7) is 0. The van der Waals surface area contributed by atoms with Crippen molar-refractivity contribution in [3.05, 3.63) is 39.5 Å². The van der Waals surface area contributed by atoms with Crippen LogP contribution in [0.1, 0.15) is 0 Å². The predicted octanol–water partition coefficient (Wildman–Crippen LogP) is 4.13. The normalized spacial score (nSPS) is 11.0. The van der Waals surface area contributed by atoms with Crippen molar-refractivity contribution in [1.29, 1.82) is 0 Å². The lowest BCUT2D eigenvalue weighted by atomic mass is 10.1. The van der Waals surface area contributed by atoms with Gasteiger partial charge in [-0.15, -0.1) is 10.2 Å². The van der Waals surface area contributed by atoms with E-state index in [9.17, 15) is 4.79 Å². The predicted molar refractivity (Wildman–Crippen MR) is 99.2 cm³/mol. The average Bonchev–Trinajstić information content (AvgIpc) is 2.93. The van der Waals surface area contributed by atoms with Gasteiger partial charge in [-0.1, -0.05) is 27.7 Å². The highest BCUT2D eigenvalue weighted by Gasteiger charge is 2.17. The minimum atomic E-state index is -0.909. The first kappa shape index (κ1) is 17.2. The molecule has 6 nitrogen and oxygen atoms in total. The van der Waals surface area contributed by atoms with E-state index in [2.05, 4.69) is 42.1 Å². The van der Waals surface area contributed by atoms with Crippen molar-refractivity contribution >= 4 is 60.4 Å². The van der Waals surface area contributed by atoms with Crippen LogP contribution in [0, 0.1) is 0 Å². The maximum Gasteiger partial charge on any atom is 0.313 e. The number of benzene rings is 2. The van der Waals surface area contributed by atoms with Crippen LogP contribution < -0.4 is 4.74 Å². The number of halogens is 2. The molecule has 0 bridgehead atoms. The van der Waals surface area contributed by atoms with Crippen molar-refractivity contribution in [2.75, 3.05) is 12.9 Å². The molecular formula is C15H11Br2N3O3S. The number of aliphatic carboxylic acids is 1. The standard InChI is InChI=1S/C15H11Br2N3O3S/c1-23-8-2-3-9-10(6-8)12(5-4-11(9)16)20-14(17)18-19-15(20)24-7-13(21)22/h2-6H,7H2,1H3,(H,21,22). The van der Waals surface area contributed by atoms with Crippen LogP contribution in [-0.4, -0.2) is 38.7 Å². The van der Waals surface area contributed by atoms with Crippen LogP contribution in [-0.2, 0) is 4.79 Å². The fraction of sp³-hybridized carbons (Fsp3) is 0.133. The third-order valence-electron chi connectivity index (χ3n) is 3.31. The number of nitrogens with zero attached hydrogens (tertiary/aromatic N) is 3. The van der Waals surface area contributed by atoms with E-state index in [0.29, 0.717) is 9.89 Å². The molecule has 0 fully saturated rings. The van der Waals surface area contributed by atoms with Gasteiger partial charge in [0.15, 0.2) is 5.16 Å². The highest BCUT2D eigenvalue weighted by Crippen LogP contribution is 2.35. The lowest BCUT2D eigenvalue weighted by molar-refractivity contribution is -0.133. The Morgan fingerprint density at radius 2 is 2.04 bits per heavy atom. The van der Waals surface area contributed by atoms with Crippen molar-refractivity contribution in [2.45, 2.75) is 5.16 Å². The zero-order chi connectivity index (χ0) is 17.3. The van der Waals surface area contributed by atoms with Gasteiger partial charge in [-0.3, -0.25) is 9.36 Å². The fourth-order valence-electron chi connectivity index (χ4n) is 2.27. The summed E-state index contributed by atoms with van der Waals surface area (Å²) in [5.41, 5.74) is 0.830. The third kappa shape index (κ3) is 3.28. The minimum absolute atomic E-state index is 0.0943.